The van der Waals surface area contributed by atoms with Crippen LogP contribution >= 0.6 is 11.6 Å². The summed E-state index contributed by atoms with van der Waals surface area (Å²) in [5, 5.41) is 11.3. The molecule has 0 radical (unpaired) electrons. The molecule has 0 fully saturated rings. The average Bonchev–Trinajstić information content (AvgIpc) is 2.66. The van der Waals surface area contributed by atoms with E-state index in [-0.39, 0.29) is 18.3 Å². The van der Waals surface area contributed by atoms with E-state index < -0.39 is 5.97 Å². The van der Waals surface area contributed by atoms with Crippen molar-refractivity contribution in [3.8, 4) is 17.2 Å². The summed E-state index contributed by atoms with van der Waals surface area (Å²) in [5.74, 6) is -0.278. The molecule has 154 valence electrons. The number of ether oxygens (including phenoxy) is 3. The fraction of sp³-hybridized carbons (Fsp3) is 0.273. The van der Waals surface area contributed by atoms with E-state index in [0.717, 1.165) is 0 Å². The SMILES string of the molecule is COc1ccc(C(=O)/C=C/c2cc(Cl)c(OC(C)C)c(OC)c2)cc1CC(=O)[O-]. The number of carboxylic acid groups (broad SMARTS) is 1. The molecule has 0 bridgehead atoms. The van der Waals surface area contributed by atoms with Crippen LogP contribution in [-0.2, 0) is 11.2 Å². The van der Waals surface area contributed by atoms with Crippen LogP contribution in [0.2, 0.25) is 5.02 Å². The minimum absolute atomic E-state index is 0.0744. The Kier molecular flexibility index (Phi) is 7.67. The molecule has 2 rings (SSSR count). The summed E-state index contributed by atoms with van der Waals surface area (Å²) in [7, 11) is 2.94. The first-order valence-electron chi connectivity index (χ1n) is 8.88. The Hall–Kier alpha value is -2.99. The Morgan fingerprint density at radius 3 is 2.38 bits per heavy atom. The topological polar surface area (TPSA) is 84.9 Å². The third-order valence-corrected chi connectivity index (χ3v) is 4.21. The van der Waals surface area contributed by atoms with Crippen LogP contribution in [0.3, 0.4) is 0 Å². The van der Waals surface area contributed by atoms with E-state index in [9.17, 15) is 14.7 Å². The largest absolute Gasteiger partial charge is 0.550 e. The van der Waals surface area contributed by atoms with Gasteiger partial charge in [-0.1, -0.05) is 17.7 Å². The first kappa shape index (κ1) is 22.3. The van der Waals surface area contributed by atoms with Crippen LogP contribution in [0.25, 0.3) is 6.08 Å². The second-order valence-electron chi connectivity index (χ2n) is 6.47. The molecule has 0 heterocycles. The Bertz CT molecular complexity index is 933. The van der Waals surface area contributed by atoms with Crippen molar-refractivity contribution in [2.24, 2.45) is 0 Å². The highest BCUT2D eigenvalue weighted by Crippen LogP contribution is 2.37. The molecule has 0 aromatic heterocycles. The summed E-state index contributed by atoms with van der Waals surface area (Å²) in [6.07, 6.45) is 2.55. The van der Waals surface area contributed by atoms with Crippen LogP contribution in [-0.4, -0.2) is 32.1 Å². The summed E-state index contributed by atoms with van der Waals surface area (Å²) < 4.78 is 16.1. The molecule has 0 saturated heterocycles. The van der Waals surface area contributed by atoms with Crippen LogP contribution in [0.4, 0.5) is 0 Å². The third kappa shape index (κ3) is 5.99. The monoisotopic (exact) mass is 417 g/mol. The van der Waals surface area contributed by atoms with Crippen molar-refractivity contribution in [1.82, 2.24) is 0 Å². The summed E-state index contributed by atoms with van der Waals surface area (Å²) >= 11 is 6.29. The normalized spacial score (nSPS) is 11.0. The number of benzene rings is 2. The molecule has 2 aromatic carbocycles. The standard InChI is InChI=1S/C22H23ClO6/c1-13(2)29-22-17(23)9-14(10-20(22)28-4)5-7-18(24)15-6-8-19(27-3)16(11-15)12-21(25)26/h5-11,13H,12H2,1-4H3,(H,25,26)/p-1/b7-5+. The lowest BCUT2D eigenvalue weighted by Gasteiger charge is -2.15. The molecule has 6 nitrogen and oxygen atoms in total. The maximum Gasteiger partial charge on any atom is 0.185 e. The zero-order valence-electron chi connectivity index (χ0n) is 16.7. The smallest absolute Gasteiger partial charge is 0.185 e. The summed E-state index contributed by atoms with van der Waals surface area (Å²) in [4.78, 5) is 23.4. The highest BCUT2D eigenvalue weighted by Gasteiger charge is 2.13. The predicted molar refractivity (Wildman–Crippen MR) is 109 cm³/mol. The second kappa shape index (κ2) is 9.98. The van der Waals surface area contributed by atoms with Crippen LogP contribution in [0.5, 0.6) is 17.2 Å². The number of halogens is 1. The van der Waals surface area contributed by atoms with E-state index in [2.05, 4.69) is 0 Å². The maximum atomic E-state index is 12.5. The molecule has 0 atom stereocenters. The van der Waals surface area contributed by atoms with Gasteiger partial charge < -0.3 is 24.1 Å². The van der Waals surface area contributed by atoms with Crippen molar-refractivity contribution < 1.29 is 28.9 Å². The lowest BCUT2D eigenvalue weighted by molar-refractivity contribution is -0.304. The van der Waals surface area contributed by atoms with Gasteiger partial charge >= 0.3 is 0 Å². The van der Waals surface area contributed by atoms with Gasteiger partial charge in [-0.3, -0.25) is 4.79 Å². The van der Waals surface area contributed by atoms with Crippen molar-refractivity contribution in [2.45, 2.75) is 26.4 Å². The molecule has 0 unspecified atom stereocenters. The lowest BCUT2D eigenvalue weighted by atomic mass is 10.0. The van der Waals surface area contributed by atoms with Gasteiger partial charge in [-0.25, -0.2) is 0 Å². The first-order chi connectivity index (χ1) is 13.7. The number of carbonyl (C=O) groups excluding carboxylic acids is 2. The summed E-state index contributed by atoms with van der Waals surface area (Å²) in [6, 6.07) is 7.98. The fourth-order valence-corrected chi connectivity index (χ4v) is 2.94. The number of carboxylic acids is 1. The van der Waals surface area contributed by atoms with E-state index in [1.54, 1.807) is 30.3 Å². The van der Waals surface area contributed by atoms with Crippen LogP contribution < -0.4 is 19.3 Å². The van der Waals surface area contributed by atoms with Crippen molar-refractivity contribution in [3.05, 3.63) is 58.1 Å². The van der Waals surface area contributed by atoms with Gasteiger partial charge in [0.15, 0.2) is 17.3 Å². The molecular formula is C22H22ClO6-. The number of carbonyl (C=O) groups is 2. The van der Waals surface area contributed by atoms with Gasteiger partial charge in [0.05, 0.1) is 25.3 Å². The van der Waals surface area contributed by atoms with Gasteiger partial charge in [0, 0.05) is 23.5 Å². The molecule has 0 saturated carbocycles. The molecule has 29 heavy (non-hydrogen) atoms. The summed E-state index contributed by atoms with van der Waals surface area (Å²) in [5.41, 5.74) is 1.35. The van der Waals surface area contributed by atoms with E-state index in [1.165, 1.54) is 26.4 Å². The zero-order chi connectivity index (χ0) is 21.6. The average molecular weight is 418 g/mol. The number of allylic oxidation sites excluding steroid dienone is 1. The Labute approximate surface area is 174 Å². The van der Waals surface area contributed by atoms with Gasteiger partial charge in [0.2, 0.25) is 0 Å². The number of hydrogen-bond donors (Lipinski definition) is 0. The molecule has 0 spiro atoms. The van der Waals surface area contributed by atoms with Crippen molar-refractivity contribution >= 4 is 29.4 Å². The Morgan fingerprint density at radius 1 is 1.10 bits per heavy atom. The quantitative estimate of drug-likeness (QED) is 0.459. The predicted octanol–water partition coefficient (Wildman–Crippen LogP) is 3.33. The van der Waals surface area contributed by atoms with Gasteiger partial charge in [0.25, 0.3) is 0 Å². The molecule has 0 N–H and O–H groups in total. The molecule has 0 aliphatic rings. The van der Waals surface area contributed by atoms with Gasteiger partial charge in [0.1, 0.15) is 5.75 Å². The Morgan fingerprint density at radius 2 is 1.79 bits per heavy atom. The number of hydrogen-bond acceptors (Lipinski definition) is 6. The van der Waals surface area contributed by atoms with Crippen LogP contribution in [0.15, 0.2) is 36.4 Å². The second-order valence-corrected chi connectivity index (χ2v) is 6.88. The Balaban J connectivity index is 2.28. The van der Waals surface area contributed by atoms with Crippen molar-refractivity contribution in [2.75, 3.05) is 14.2 Å². The van der Waals surface area contributed by atoms with E-state index in [1.807, 2.05) is 13.8 Å². The molecule has 2 aromatic rings. The minimum Gasteiger partial charge on any atom is -0.550 e. The molecular weight excluding hydrogens is 396 g/mol. The number of ketones is 1. The highest BCUT2D eigenvalue weighted by molar-refractivity contribution is 6.32. The maximum absolute atomic E-state index is 12.5. The van der Waals surface area contributed by atoms with E-state index >= 15 is 0 Å². The van der Waals surface area contributed by atoms with Gasteiger partial charge in [-0.2, -0.15) is 0 Å². The van der Waals surface area contributed by atoms with Crippen molar-refractivity contribution in [1.29, 1.82) is 0 Å². The fourth-order valence-electron chi connectivity index (χ4n) is 2.68. The van der Waals surface area contributed by atoms with E-state index in [0.29, 0.717) is 39.0 Å². The molecule has 0 amide bonds. The van der Waals surface area contributed by atoms with Gasteiger partial charge in [-0.15, -0.1) is 0 Å². The number of aliphatic carboxylic acids is 1. The zero-order valence-corrected chi connectivity index (χ0v) is 17.4. The third-order valence-electron chi connectivity index (χ3n) is 3.93. The highest BCUT2D eigenvalue weighted by atomic mass is 35.5. The molecule has 0 aliphatic carbocycles. The minimum atomic E-state index is -1.26. The van der Waals surface area contributed by atoms with Crippen molar-refractivity contribution in [3.63, 3.8) is 0 Å². The number of methoxy groups -OCH3 is 2. The summed E-state index contributed by atoms with van der Waals surface area (Å²) in [6.45, 7) is 3.76. The molecule has 0 aliphatic heterocycles. The number of rotatable bonds is 9. The van der Waals surface area contributed by atoms with E-state index in [4.69, 9.17) is 25.8 Å². The first-order valence-corrected chi connectivity index (χ1v) is 9.26. The van der Waals surface area contributed by atoms with Crippen LogP contribution in [0.1, 0.15) is 35.3 Å². The van der Waals surface area contributed by atoms with Crippen LogP contribution in [0, 0.1) is 0 Å². The molecule has 7 heteroatoms. The lowest BCUT2D eigenvalue weighted by Crippen LogP contribution is -2.24. The van der Waals surface area contributed by atoms with Gasteiger partial charge in [-0.05, 0) is 55.8 Å².